The summed E-state index contributed by atoms with van der Waals surface area (Å²) in [5.41, 5.74) is 15.6. The Kier molecular flexibility index (Phi) is 6.25. The molecular weight excluding hydrogens is 489 g/mol. The molecule has 1 saturated heterocycles. The number of carbonyl (C=O) groups excluding carboxylic acids is 1. The number of fused-ring (bicyclic) bond motifs is 1. The number of rotatable bonds is 7. The number of carbonyl (C=O) groups is 1. The fraction of sp³-hybridized carbons (Fsp3) is 0.478. The van der Waals surface area contributed by atoms with Crippen molar-refractivity contribution in [1.29, 1.82) is 0 Å². The van der Waals surface area contributed by atoms with E-state index < -0.39 is 5.54 Å². The number of nitrogens with zero attached hydrogens (tertiary/aromatic N) is 6. The van der Waals surface area contributed by atoms with Crippen LogP contribution in [0.4, 0.5) is 11.5 Å². The van der Waals surface area contributed by atoms with Crippen molar-refractivity contribution >= 4 is 51.8 Å². The van der Waals surface area contributed by atoms with Crippen LogP contribution >= 0.6 is 23.2 Å². The first-order valence-corrected chi connectivity index (χ1v) is 12.3. The topological polar surface area (TPSA) is 131 Å². The number of hydrogen-bond donors (Lipinski definition) is 3. The van der Waals surface area contributed by atoms with Gasteiger partial charge in [-0.3, -0.25) is 4.79 Å². The number of halogens is 2. The van der Waals surface area contributed by atoms with Crippen LogP contribution in [0, 0.1) is 0 Å². The van der Waals surface area contributed by atoms with Crippen molar-refractivity contribution in [1.82, 2.24) is 29.7 Å². The molecule has 186 valence electrons. The Balaban J connectivity index is 1.56. The second-order valence-electron chi connectivity index (χ2n) is 9.77. The number of nitrogens with two attached hydrogens (primary N) is 2. The molecule has 35 heavy (non-hydrogen) atoms. The summed E-state index contributed by atoms with van der Waals surface area (Å²) in [4.78, 5) is 29.9. The van der Waals surface area contributed by atoms with E-state index in [2.05, 4.69) is 25.2 Å². The van der Waals surface area contributed by atoms with Crippen molar-refractivity contribution in [3.8, 4) is 0 Å². The van der Waals surface area contributed by atoms with E-state index in [1.165, 1.54) is 6.33 Å². The van der Waals surface area contributed by atoms with Gasteiger partial charge in [0, 0.05) is 36.9 Å². The third-order valence-corrected chi connectivity index (χ3v) is 7.48. The maximum Gasteiger partial charge on any atom is 0.242 e. The van der Waals surface area contributed by atoms with Crippen molar-refractivity contribution in [2.45, 2.75) is 43.9 Å². The minimum atomic E-state index is -0.961. The number of imidazole rings is 1. The Morgan fingerprint density at radius 1 is 1.26 bits per heavy atom. The van der Waals surface area contributed by atoms with Crippen molar-refractivity contribution in [3.05, 3.63) is 39.9 Å². The average Bonchev–Trinajstić information content (AvgIpc) is 3.38. The van der Waals surface area contributed by atoms with Gasteiger partial charge in [0.05, 0.1) is 22.9 Å². The highest BCUT2D eigenvalue weighted by molar-refractivity contribution is 6.42. The largest absolute Gasteiger partial charge is 0.382 e. The molecule has 1 unspecified atom stereocenters. The fourth-order valence-corrected chi connectivity index (χ4v) is 5.05. The zero-order chi connectivity index (χ0) is 24.9. The smallest absolute Gasteiger partial charge is 0.242 e. The number of aromatic nitrogens is 4. The number of nitrogens with one attached hydrogen (secondary N) is 1. The Labute approximate surface area is 213 Å². The van der Waals surface area contributed by atoms with Gasteiger partial charge in [-0.05, 0) is 45.0 Å². The zero-order valence-corrected chi connectivity index (χ0v) is 21.3. The molecule has 2 aliphatic rings. The minimum absolute atomic E-state index is 0.0922. The van der Waals surface area contributed by atoms with Gasteiger partial charge >= 0.3 is 0 Å². The van der Waals surface area contributed by atoms with E-state index in [9.17, 15) is 4.79 Å². The van der Waals surface area contributed by atoms with Gasteiger partial charge in [0.2, 0.25) is 5.91 Å². The van der Waals surface area contributed by atoms with Gasteiger partial charge in [0.25, 0.3) is 0 Å². The van der Waals surface area contributed by atoms with Crippen LogP contribution in [-0.4, -0.2) is 69.1 Å². The van der Waals surface area contributed by atoms with Crippen LogP contribution in [0.15, 0.2) is 18.7 Å². The van der Waals surface area contributed by atoms with Crippen molar-refractivity contribution < 1.29 is 4.79 Å². The first-order chi connectivity index (χ1) is 16.7. The van der Waals surface area contributed by atoms with Gasteiger partial charge in [0.15, 0.2) is 11.5 Å². The van der Waals surface area contributed by atoms with Gasteiger partial charge < -0.3 is 31.2 Å². The molecule has 1 aliphatic carbocycles. The van der Waals surface area contributed by atoms with Crippen LogP contribution < -0.4 is 21.7 Å². The number of nitrogen functional groups attached to an aromatic ring is 1. The van der Waals surface area contributed by atoms with Gasteiger partial charge in [-0.15, -0.1) is 0 Å². The van der Waals surface area contributed by atoms with E-state index in [0.717, 1.165) is 29.7 Å². The van der Waals surface area contributed by atoms with Crippen molar-refractivity contribution in [2.75, 3.05) is 37.8 Å². The Morgan fingerprint density at radius 3 is 2.74 bits per heavy atom. The molecule has 0 radical (unpaired) electrons. The van der Waals surface area contributed by atoms with Crippen molar-refractivity contribution in [2.24, 2.45) is 5.73 Å². The Bertz CT molecular complexity index is 1290. The van der Waals surface area contributed by atoms with Gasteiger partial charge in [-0.25, -0.2) is 15.0 Å². The molecule has 1 aliphatic heterocycles. The first kappa shape index (κ1) is 24.1. The molecule has 5 rings (SSSR count). The molecule has 3 heterocycles. The van der Waals surface area contributed by atoms with Crippen molar-refractivity contribution in [3.63, 3.8) is 0 Å². The maximum absolute atomic E-state index is 12.9. The molecule has 2 aromatic heterocycles. The Morgan fingerprint density at radius 2 is 2.03 bits per heavy atom. The van der Waals surface area contributed by atoms with Crippen LogP contribution in [0.2, 0.25) is 10.0 Å². The summed E-state index contributed by atoms with van der Waals surface area (Å²) >= 11 is 13.4. The molecule has 5 N–H and O–H groups in total. The predicted molar refractivity (Wildman–Crippen MR) is 138 cm³/mol. The third-order valence-electron chi connectivity index (χ3n) is 6.65. The molecule has 2 fully saturated rings. The molecule has 0 spiro atoms. The van der Waals surface area contributed by atoms with Crippen LogP contribution in [-0.2, 0) is 17.9 Å². The monoisotopic (exact) mass is 517 g/mol. The van der Waals surface area contributed by atoms with Crippen LogP contribution in [0.5, 0.6) is 0 Å². The molecule has 0 bridgehead atoms. The lowest BCUT2D eigenvalue weighted by molar-refractivity contribution is -0.125. The summed E-state index contributed by atoms with van der Waals surface area (Å²) in [7, 11) is 3.95. The molecule has 1 amide bonds. The normalized spacial score (nSPS) is 20.2. The summed E-state index contributed by atoms with van der Waals surface area (Å²) in [5, 5.41) is 4.02. The predicted octanol–water partition coefficient (Wildman–Crippen LogP) is 2.01. The Hall–Kier alpha value is -2.66. The highest BCUT2D eigenvalue weighted by atomic mass is 35.5. The molecule has 3 aromatic rings. The van der Waals surface area contributed by atoms with Gasteiger partial charge in [-0.2, -0.15) is 0 Å². The lowest BCUT2D eigenvalue weighted by Gasteiger charge is -2.28. The third kappa shape index (κ3) is 4.63. The SMILES string of the molecule is CN(C)Cc1c(Cl)c(Cl)cc(N2CCC(N)(C(=O)NC3CC3)C2)c1Cn1cnc2c(N)ncnc21. The molecule has 1 aromatic carbocycles. The number of anilines is 2. The van der Waals surface area contributed by atoms with E-state index in [4.69, 9.17) is 34.7 Å². The molecule has 1 saturated carbocycles. The van der Waals surface area contributed by atoms with E-state index in [-0.39, 0.29) is 11.9 Å². The van der Waals surface area contributed by atoms with Crippen LogP contribution in [0.1, 0.15) is 30.4 Å². The summed E-state index contributed by atoms with van der Waals surface area (Å²) in [6.45, 7) is 2.03. The highest BCUT2D eigenvalue weighted by Crippen LogP contribution is 2.39. The second kappa shape index (κ2) is 9.09. The summed E-state index contributed by atoms with van der Waals surface area (Å²) in [5.74, 6) is 0.233. The number of amides is 1. The lowest BCUT2D eigenvalue weighted by Crippen LogP contribution is -2.56. The van der Waals surface area contributed by atoms with Crippen LogP contribution in [0.25, 0.3) is 11.2 Å². The van der Waals surface area contributed by atoms with E-state index >= 15 is 0 Å². The first-order valence-electron chi connectivity index (χ1n) is 11.6. The fourth-order valence-electron chi connectivity index (χ4n) is 4.61. The summed E-state index contributed by atoms with van der Waals surface area (Å²) < 4.78 is 1.92. The quantitative estimate of drug-likeness (QED) is 0.433. The molecule has 12 heteroatoms. The van der Waals surface area contributed by atoms with E-state index in [1.54, 1.807) is 6.33 Å². The summed E-state index contributed by atoms with van der Waals surface area (Å²) in [6.07, 6.45) is 5.70. The van der Waals surface area contributed by atoms with E-state index in [0.29, 0.717) is 59.6 Å². The number of benzene rings is 1. The lowest BCUT2D eigenvalue weighted by atomic mass is 9.99. The zero-order valence-electron chi connectivity index (χ0n) is 19.8. The minimum Gasteiger partial charge on any atom is -0.382 e. The van der Waals surface area contributed by atoms with Gasteiger partial charge in [-0.1, -0.05) is 23.2 Å². The highest BCUT2D eigenvalue weighted by Gasteiger charge is 2.43. The molecule has 1 atom stereocenters. The standard InChI is InChI=1S/C23H29Cl2N9O/c1-32(2)8-15-14(9-34-12-30-19-20(26)28-11-29-21(19)34)17(7-16(24)18(15)25)33-6-5-23(27,10-33)22(35)31-13-3-4-13/h7,11-13H,3-6,8-10,27H2,1-2H3,(H,31,35)(H2,26,28,29). The second-order valence-corrected chi connectivity index (χ2v) is 10.6. The summed E-state index contributed by atoms with van der Waals surface area (Å²) in [6, 6.07) is 2.12. The molecular formula is C23H29Cl2N9O. The van der Waals surface area contributed by atoms with Gasteiger partial charge in [0.1, 0.15) is 17.4 Å². The van der Waals surface area contributed by atoms with Crippen LogP contribution in [0.3, 0.4) is 0 Å². The van der Waals surface area contributed by atoms with E-state index in [1.807, 2.05) is 29.6 Å². The maximum atomic E-state index is 12.9. The molecule has 10 nitrogen and oxygen atoms in total. The average molecular weight is 518 g/mol. The number of hydrogen-bond acceptors (Lipinski definition) is 8.